The van der Waals surface area contributed by atoms with E-state index >= 15 is 0 Å². The lowest BCUT2D eigenvalue weighted by Gasteiger charge is -2.04. The lowest BCUT2D eigenvalue weighted by molar-refractivity contribution is -0.120. The Labute approximate surface area is 130 Å². The molecular formula is C13H13ClN4O2S. The second-order valence-electron chi connectivity index (χ2n) is 4.21. The van der Waals surface area contributed by atoms with Gasteiger partial charge in [0.15, 0.2) is 0 Å². The van der Waals surface area contributed by atoms with E-state index in [2.05, 4.69) is 15.6 Å². The van der Waals surface area contributed by atoms with Crippen LogP contribution in [-0.2, 0) is 17.9 Å². The minimum absolute atomic E-state index is 0.128. The summed E-state index contributed by atoms with van der Waals surface area (Å²) in [6.07, 6.45) is 1.69. The number of carbonyl (C=O) groups is 1. The minimum Gasteiger partial charge on any atom is -0.447 e. The average molecular weight is 325 g/mol. The number of halogens is 1. The van der Waals surface area contributed by atoms with Gasteiger partial charge in [-0.05, 0) is 6.92 Å². The first-order chi connectivity index (χ1) is 10.1. The molecule has 6 nitrogen and oxygen atoms in total. The molecule has 0 saturated heterocycles. The van der Waals surface area contributed by atoms with Gasteiger partial charge in [-0.3, -0.25) is 4.79 Å². The fraction of sp³-hybridized carbons (Fsp3) is 0.308. The van der Waals surface area contributed by atoms with E-state index in [1.807, 2.05) is 11.4 Å². The van der Waals surface area contributed by atoms with Gasteiger partial charge in [0.25, 0.3) is 0 Å². The van der Waals surface area contributed by atoms with Gasteiger partial charge < -0.3 is 15.1 Å². The number of carbonyl (C=O) groups excluding carboxylic acids is 1. The molecule has 2 N–H and O–H groups in total. The Hall–Kier alpha value is -1.88. The highest BCUT2D eigenvalue weighted by Gasteiger charge is 2.14. The van der Waals surface area contributed by atoms with Gasteiger partial charge in [0, 0.05) is 17.1 Å². The normalized spacial score (nSPS) is 10.3. The van der Waals surface area contributed by atoms with E-state index in [-0.39, 0.29) is 24.8 Å². The molecule has 1 amide bonds. The van der Waals surface area contributed by atoms with Crippen molar-refractivity contribution in [2.75, 3.05) is 6.54 Å². The predicted octanol–water partition coefficient (Wildman–Crippen LogP) is 1.98. The Balaban J connectivity index is 1.76. The van der Waals surface area contributed by atoms with E-state index in [0.717, 1.165) is 5.01 Å². The van der Waals surface area contributed by atoms with Gasteiger partial charge in [-0.2, -0.15) is 5.26 Å². The Bertz CT molecular complexity index is 661. The van der Waals surface area contributed by atoms with Crippen LogP contribution in [0.15, 0.2) is 16.0 Å². The fourth-order valence-corrected chi connectivity index (χ4v) is 2.39. The summed E-state index contributed by atoms with van der Waals surface area (Å²) in [5.74, 6) is 0.508. The number of nitrogens with one attached hydrogen (secondary N) is 2. The molecule has 0 aliphatic rings. The van der Waals surface area contributed by atoms with Crippen molar-refractivity contribution in [3.05, 3.63) is 38.7 Å². The van der Waals surface area contributed by atoms with Gasteiger partial charge in [0.1, 0.15) is 16.8 Å². The van der Waals surface area contributed by atoms with Crippen molar-refractivity contribution in [2.45, 2.75) is 20.0 Å². The van der Waals surface area contributed by atoms with Crippen LogP contribution in [0, 0.1) is 18.3 Å². The Morgan fingerprint density at radius 2 is 2.38 bits per heavy atom. The Morgan fingerprint density at radius 3 is 3.00 bits per heavy atom. The van der Waals surface area contributed by atoms with Crippen LogP contribution in [0.25, 0.3) is 0 Å². The topological polar surface area (TPSA) is 91.0 Å². The van der Waals surface area contributed by atoms with Crippen molar-refractivity contribution in [1.82, 2.24) is 15.6 Å². The second kappa shape index (κ2) is 7.22. The Morgan fingerprint density at radius 1 is 1.57 bits per heavy atom. The third-order valence-corrected chi connectivity index (χ3v) is 4.01. The van der Waals surface area contributed by atoms with Crippen LogP contribution < -0.4 is 10.6 Å². The fourth-order valence-electron chi connectivity index (χ4n) is 1.64. The van der Waals surface area contributed by atoms with Crippen LogP contribution in [0.4, 0.5) is 0 Å². The molecule has 0 unspecified atom stereocenters. The van der Waals surface area contributed by atoms with Crippen molar-refractivity contribution in [3.8, 4) is 6.07 Å². The largest absolute Gasteiger partial charge is 0.447 e. The molecule has 0 saturated carbocycles. The predicted molar refractivity (Wildman–Crippen MR) is 78.8 cm³/mol. The number of nitrogens with zero attached hydrogens (tertiary/aromatic N) is 2. The number of hydrogen-bond donors (Lipinski definition) is 2. The zero-order chi connectivity index (χ0) is 15.2. The number of hydrogen-bond acceptors (Lipinski definition) is 6. The molecular weight excluding hydrogens is 312 g/mol. The van der Waals surface area contributed by atoms with Gasteiger partial charge >= 0.3 is 0 Å². The summed E-state index contributed by atoms with van der Waals surface area (Å²) in [5, 5.41) is 17.6. The van der Waals surface area contributed by atoms with E-state index in [1.165, 1.54) is 11.3 Å². The highest BCUT2D eigenvalue weighted by molar-refractivity contribution is 7.09. The van der Waals surface area contributed by atoms with Crippen molar-refractivity contribution < 1.29 is 9.21 Å². The van der Waals surface area contributed by atoms with Crippen molar-refractivity contribution in [1.29, 1.82) is 5.26 Å². The van der Waals surface area contributed by atoms with E-state index in [9.17, 15) is 4.79 Å². The minimum atomic E-state index is -0.148. The van der Waals surface area contributed by atoms with E-state index in [4.69, 9.17) is 21.3 Å². The molecule has 8 heteroatoms. The molecule has 21 heavy (non-hydrogen) atoms. The quantitative estimate of drug-likeness (QED) is 0.847. The molecule has 2 aromatic heterocycles. The molecule has 0 aromatic carbocycles. The van der Waals surface area contributed by atoms with Crippen molar-refractivity contribution in [2.24, 2.45) is 0 Å². The third-order valence-electron chi connectivity index (χ3n) is 2.73. The van der Waals surface area contributed by atoms with Gasteiger partial charge in [0.05, 0.1) is 24.7 Å². The molecule has 0 aliphatic carbocycles. The van der Waals surface area contributed by atoms with Crippen LogP contribution in [0.1, 0.15) is 22.1 Å². The maximum atomic E-state index is 11.6. The molecule has 2 heterocycles. The molecule has 110 valence electrons. The molecule has 0 spiro atoms. The highest BCUT2D eigenvalue weighted by Crippen LogP contribution is 2.26. The zero-order valence-electron chi connectivity index (χ0n) is 11.3. The van der Waals surface area contributed by atoms with Crippen LogP contribution in [-0.4, -0.2) is 17.4 Å². The van der Waals surface area contributed by atoms with E-state index in [0.29, 0.717) is 22.9 Å². The summed E-state index contributed by atoms with van der Waals surface area (Å²) in [4.78, 5) is 15.7. The van der Waals surface area contributed by atoms with Gasteiger partial charge in [-0.1, -0.05) is 11.6 Å². The van der Waals surface area contributed by atoms with Crippen LogP contribution in [0.3, 0.4) is 0 Å². The third kappa shape index (κ3) is 4.04. The number of thiazole rings is 1. The maximum absolute atomic E-state index is 11.6. The molecule has 2 aromatic rings. The smallest absolute Gasteiger partial charge is 0.234 e. The SMILES string of the molecule is Cc1c(C#N)oc(CNCC(=O)NCc2nccs2)c1Cl. The van der Waals surface area contributed by atoms with Crippen LogP contribution in [0.5, 0.6) is 0 Å². The van der Waals surface area contributed by atoms with Crippen LogP contribution in [0.2, 0.25) is 5.02 Å². The summed E-state index contributed by atoms with van der Waals surface area (Å²) in [5.41, 5.74) is 0.615. The monoisotopic (exact) mass is 324 g/mol. The number of furan rings is 1. The molecule has 0 bridgehead atoms. The van der Waals surface area contributed by atoms with Crippen LogP contribution >= 0.6 is 22.9 Å². The maximum Gasteiger partial charge on any atom is 0.234 e. The summed E-state index contributed by atoms with van der Waals surface area (Å²) in [6, 6.07) is 1.93. The number of aromatic nitrogens is 1. The molecule has 0 radical (unpaired) electrons. The Kier molecular flexibility index (Phi) is 5.33. The van der Waals surface area contributed by atoms with Crippen molar-refractivity contribution >= 4 is 28.8 Å². The van der Waals surface area contributed by atoms with Gasteiger partial charge in [-0.25, -0.2) is 4.98 Å². The number of amides is 1. The van der Waals surface area contributed by atoms with Crippen molar-refractivity contribution in [3.63, 3.8) is 0 Å². The number of nitriles is 1. The second-order valence-corrected chi connectivity index (χ2v) is 5.57. The molecule has 0 aliphatic heterocycles. The van der Waals surface area contributed by atoms with Gasteiger partial charge in [-0.15, -0.1) is 11.3 Å². The first kappa shape index (κ1) is 15.5. The summed E-state index contributed by atoms with van der Waals surface area (Å²) >= 11 is 7.53. The van der Waals surface area contributed by atoms with Gasteiger partial charge in [0.2, 0.25) is 11.7 Å². The lowest BCUT2D eigenvalue weighted by atomic mass is 10.3. The van der Waals surface area contributed by atoms with E-state index in [1.54, 1.807) is 13.1 Å². The summed E-state index contributed by atoms with van der Waals surface area (Å²) in [7, 11) is 0. The van der Waals surface area contributed by atoms with E-state index < -0.39 is 0 Å². The first-order valence-electron chi connectivity index (χ1n) is 6.15. The molecule has 2 rings (SSSR count). The molecule has 0 atom stereocenters. The average Bonchev–Trinajstić information content (AvgIpc) is 3.08. The first-order valence-corrected chi connectivity index (χ1v) is 7.41. The molecule has 0 fully saturated rings. The summed E-state index contributed by atoms with van der Waals surface area (Å²) in [6.45, 7) is 2.54. The standard InChI is InChI=1S/C13H13ClN4O2S/c1-8-9(4-15)20-10(13(8)14)5-16-6-11(19)18-7-12-17-2-3-21-12/h2-3,16H,5-7H2,1H3,(H,18,19). The number of rotatable bonds is 6. The summed E-state index contributed by atoms with van der Waals surface area (Å²) < 4.78 is 5.30. The zero-order valence-corrected chi connectivity index (χ0v) is 12.8. The highest BCUT2D eigenvalue weighted by atomic mass is 35.5. The lowest BCUT2D eigenvalue weighted by Crippen LogP contribution is -2.33.